The number of quaternary nitrogens is 1. The molecule has 2 rings (SSSR count). The second kappa shape index (κ2) is 10.2. The van der Waals surface area contributed by atoms with Gasteiger partial charge in [-0.2, -0.15) is 8.78 Å². The minimum absolute atomic E-state index is 0.0941. The molecule has 3 N–H and O–H groups in total. The van der Waals surface area contributed by atoms with Crippen LogP contribution in [0.15, 0.2) is 24.3 Å². The van der Waals surface area contributed by atoms with Gasteiger partial charge in [0.1, 0.15) is 12.3 Å². The van der Waals surface area contributed by atoms with E-state index in [2.05, 4.69) is 15.4 Å². The van der Waals surface area contributed by atoms with Crippen molar-refractivity contribution in [3.63, 3.8) is 0 Å². The molecule has 0 spiro atoms. The summed E-state index contributed by atoms with van der Waals surface area (Å²) in [6.07, 6.45) is 5.30. The highest BCUT2D eigenvalue weighted by molar-refractivity contribution is 5.96. The molecule has 1 aromatic rings. The summed E-state index contributed by atoms with van der Waals surface area (Å²) in [5, 5.41) is 5.27. The van der Waals surface area contributed by atoms with Crippen molar-refractivity contribution in [2.24, 2.45) is 0 Å². The second-order valence-electron chi connectivity index (χ2n) is 7.06. The SMILES string of the molecule is C[C@H](C(=O)NC(=O)NC1CCCCC1)[NH+](C)Cc1ccc(OC(F)F)cc1. The van der Waals surface area contributed by atoms with Crippen LogP contribution in [0.25, 0.3) is 0 Å². The Hall–Kier alpha value is -2.22. The van der Waals surface area contributed by atoms with Gasteiger partial charge >= 0.3 is 12.6 Å². The molecule has 1 aliphatic carbocycles. The summed E-state index contributed by atoms with van der Waals surface area (Å²) < 4.78 is 28.7. The highest BCUT2D eigenvalue weighted by atomic mass is 19.3. The van der Waals surface area contributed by atoms with Crippen LogP contribution in [0.5, 0.6) is 5.75 Å². The Labute approximate surface area is 158 Å². The number of imide groups is 1. The van der Waals surface area contributed by atoms with Crippen molar-refractivity contribution in [3.05, 3.63) is 29.8 Å². The molecular weight excluding hydrogens is 356 g/mol. The van der Waals surface area contributed by atoms with Crippen LogP contribution in [0.3, 0.4) is 0 Å². The van der Waals surface area contributed by atoms with Gasteiger partial charge in [0, 0.05) is 11.6 Å². The van der Waals surface area contributed by atoms with E-state index in [4.69, 9.17) is 0 Å². The van der Waals surface area contributed by atoms with E-state index in [-0.39, 0.29) is 17.7 Å². The minimum Gasteiger partial charge on any atom is -0.435 e. The zero-order valence-corrected chi connectivity index (χ0v) is 15.8. The Morgan fingerprint density at radius 3 is 2.41 bits per heavy atom. The third-order valence-electron chi connectivity index (χ3n) is 4.94. The third-order valence-corrected chi connectivity index (χ3v) is 4.94. The monoisotopic (exact) mass is 384 g/mol. The van der Waals surface area contributed by atoms with Crippen LogP contribution < -0.4 is 20.3 Å². The molecule has 1 aromatic carbocycles. The van der Waals surface area contributed by atoms with Crippen LogP contribution in [0.4, 0.5) is 13.6 Å². The van der Waals surface area contributed by atoms with E-state index >= 15 is 0 Å². The summed E-state index contributed by atoms with van der Waals surface area (Å²) in [5.74, 6) is -0.255. The number of urea groups is 1. The maximum atomic E-state index is 12.3. The van der Waals surface area contributed by atoms with Gasteiger partial charge < -0.3 is 15.0 Å². The molecule has 1 unspecified atom stereocenters. The molecule has 8 heteroatoms. The Morgan fingerprint density at radius 2 is 1.81 bits per heavy atom. The molecule has 1 aliphatic rings. The van der Waals surface area contributed by atoms with E-state index in [1.807, 2.05) is 7.05 Å². The smallest absolute Gasteiger partial charge is 0.387 e. The van der Waals surface area contributed by atoms with Crippen molar-refractivity contribution in [1.82, 2.24) is 10.6 Å². The number of likely N-dealkylation sites (N-methyl/N-ethyl adjacent to an activating group) is 1. The predicted molar refractivity (Wildman–Crippen MR) is 96.7 cm³/mol. The summed E-state index contributed by atoms with van der Waals surface area (Å²) in [4.78, 5) is 25.2. The van der Waals surface area contributed by atoms with E-state index in [1.165, 1.54) is 18.6 Å². The first-order valence-corrected chi connectivity index (χ1v) is 9.32. The number of carbonyl (C=O) groups excluding carboxylic acids is 2. The maximum absolute atomic E-state index is 12.3. The predicted octanol–water partition coefficient (Wildman–Crippen LogP) is 1.85. The lowest BCUT2D eigenvalue weighted by Crippen LogP contribution is -3.12. The fourth-order valence-corrected chi connectivity index (χ4v) is 3.18. The van der Waals surface area contributed by atoms with Crippen molar-refractivity contribution < 1.29 is 28.0 Å². The summed E-state index contributed by atoms with van der Waals surface area (Å²) in [6.45, 7) is -0.603. The average Bonchev–Trinajstić information content (AvgIpc) is 2.63. The number of hydrogen-bond donors (Lipinski definition) is 3. The highest BCUT2D eigenvalue weighted by Crippen LogP contribution is 2.17. The first kappa shape index (κ1) is 21.1. The summed E-state index contributed by atoms with van der Waals surface area (Å²) in [7, 11) is 1.84. The molecule has 0 radical (unpaired) electrons. The van der Waals surface area contributed by atoms with Gasteiger partial charge in [-0.3, -0.25) is 10.1 Å². The normalized spacial score (nSPS) is 17.2. The van der Waals surface area contributed by atoms with Gasteiger partial charge in [-0.25, -0.2) is 4.79 Å². The van der Waals surface area contributed by atoms with Crippen molar-refractivity contribution in [1.29, 1.82) is 0 Å². The highest BCUT2D eigenvalue weighted by Gasteiger charge is 2.25. The summed E-state index contributed by atoms with van der Waals surface area (Å²) >= 11 is 0. The van der Waals surface area contributed by atoms with Gasteiger partial charge in [0.05, 0.1) is 7.05 Å². The summed E-state index contributed by atoms with van der Waals surface area (Å²) in [5.41, 5.74) is 0.875. The van der Waals surface area contributed by atoms with E-state index < -0.39 is 18.7 Å². The maximum Gasteiger partial charge on any atom is 0.387 e. The van der Waals surface area contributed by atoms with E-state index in [0.29, 0.717) is 6.54 Å². The van der Waals surface area contributed by atoms with E-state index in [0.717, 1.165) is 36.1 Å². The summed E-state index contributed by atoms with van der Waals surface area (Å²) in [6, 6.07) is 5.55. The van der Waals surface area contributed by atoms with Crippen LogP contribution in [-0.4, -0.2) is 37.7 Å². The zero-order chi connectivity index (χ0) is 19.8. The molecule has 0 saturated heterocycles. The van der Waals surface area contributed by atoms with E-state index in [9.17, 15) is 18.4 Å². The van der Waals surface area contributed by atoms with Gasteiger partial charge in [-0.15, -0.1) is 0 Å². The number of hydrogen-bond acceptors (Lipinski definition) is 3. The molecule has 1 fully saturated rings. The third kappa shape index (κ3) is 7.13. The fraction of sp³-hybridized carbons (Fsp3) is 0.579. The van der Waals surface area contributed by atoms with Gasteiger partial charge in [0.25, 0.3) is 5.91 Å². The van der Waals surface area contributed by atoms with Crippen LogP contribution in [-0.2, 0) is 11.3 Å². The molecule has 1 saturated carbocycles. The number of alkyl halides is 2. The Bertz CT molecular complexity index is 619. The zero-order valence-electron chi connectivity index (χ0n) is 15.8. The first-order valence-electron chi connectivity index (χ1n) is 9.32. The van der Waals surface area contributed by atoms with Crippen LogP contribution in [0, 0.1) is 0 Å². The Morgan fingerprint density at radius 1 is 1.19 bits per heavy atom. The van der Waals surface area contributed by atoms with Crippen LogP contribution in [0.1, 0.15) is 44.6 Å². The quantitative estimate of drug-likeness (QED) is 0.672. The van der Waals surface area contributed by atoms with Crippen molar-refractivity contribution in [2.45, 2.75) is 64.3 Å². The molecule has 6 nitrogen and oxygen atoms in total. The van der Waals surface area contributed by atoms with Gasteiger partial charge in [-0.05, 0) is 44.0 Å². The van der Waals surface area contributed by atoms with Crippen molar-refractivity contribution in [2.75, 3.05) is 7.05 Å². The number of ether oxygens (including phenoxy) is 1. The number of benzene rings is 1. The molecular formula is C19H28F2N3O3+. The number of halogens is 2. The van der Waals surface area contributed by atoms with Crippen molar-refractivity contribution >= 4 is 11.9 Å². The average molecular weight is 384 g/mol. The number of carbonyl (C=O) groups is 2. The standard InChI is InChI=1S/C19H27F2N3O3/c1-13(17(25)23-19(26)22-15-6-4-3-5-7-15)24(2)12-14-8-10-16(11-9-14)27-18(20)21/h8-11,13,15,18H,3-7,12H2,1-2H3,(H2,22,23,25,26)/p+1/t13-/m1/s1. The topological polar surface area (TPSA) is 71.9 Å². The van der Waals surface area contributed by atoms with Gasteiger partial charge in [0.15, 0.2) is 6.04 Å². The number of rotatable bonds is 7. The van der Waals surface area contributed by atoms with Crippen LogP contribution >= 0.6 is 0 Å². The molecule has 0 aromatic heterocycles. The molecule has 0 aliphatic heterocycles. The number of nitrogens with one attached hydrogen (secondary N) is 3. The molecule has 3 amide bonds. The minimum atomic E-state index is -2.85. The van der Waals surface area contributed by atoms with E-state index in [1.54, 1.807) is 19.1 Å². The molecule has 2 atom stereocenters. The number of amides is 3. The Kier molecular flexibility index (Phi) is 7.97. The first-order chi connectivity index (χ1) is 12.8. The molecule has 27 heavy (non-hydrogen) atoms. The molecule has 150 valence electrons. The molecule has 0 bridgehead atoms. The second-order valence-corrected chi connectivity index (χ2v) is 7.06. The lowest BCUT2D eigenvalue weighted by Gasteiger charge is -2.24. The fourth-order valence-electron chi connectivity index (χ4n) is 3.18. The van der Waals surface area contributed by atoms with Crippen molar-refractivity contribution in [3.8, 4) is 5.75 Å². The van der Waals surface area contributed by atoms with Gasteiger partial charge in [0.2, 0.25) is 0 Å². The Balaban J connectivity index is 1.79. The molecule has 0 heterocycles. The lowest BCUT2D eigenvalue weighted by atomic mass is 9.96. The van der Waals surface area contributed by atoms with Gasteiger partial charge in [-0.1, -0.05) is 19.3 Å². The largest absolute Gasteiger partial charge is 0.435 e. The van der Waals surface area contributed by atoms with Crippen LogP contribution in [0.2, 0.25) is 0 Å². The lowest BCUT2D eigenvalue weighted by molar-refractivity contribution is -0.908.